The number of pyridine rings is 1. The van der Waals surface area contributed by atoms with Crippen molar-refractivity contribution in [3.05, 3.63) is 65.7 Å². The van der Waals surface area contributed by atoms with Gasteiger partial charge in [0.25, 0.3) is 0 Å². The average Bonchev–Trinajstić information content (AvgIpc) is 3.27. The summed E-state index contributed by atoms with van der Waals surface area (Å²) in [5.74, 6) is -0.207. The van der Waals surface area contributed by atoms with Crippen molar-refractivity contribution in [1.29, 1.82) is 0 Å². The zero-order valence-electron chi connectivity index (χ0n) is 14.5. The molecular formula is C19H19ClFN5O. The van der Waals surface area contributed by atoms with Crippen molar-refractivity contribution in [2.45, 2.75) is 25.3 Å². The normalized spacial score (nSPS) is 21.4. The predicted octanol–water partition coefficient (Wildman–Crippen LogP) is 2.86. The third-order valence-corrected chi connectivity index (χ3v) is 5.08. The number of hydrogen-bond donors (Lipinski definition) is 0. The Morgan fingerprint density at radius 2 is 1.96 bits per heavy atom. The number of benzene rings is 1. The van der Waals surface area contributed by atoms with Crippen LogP contribution in [0.2, 0.25) is 0 Å². The Kier molecular flexibility index (Phi) is 4.90. The summed E-state index contributed by atoms with van der Waals surface area (Å²) in [6, 6.07) is 12.6. The van der Waals surface area contributed by atoms with Crippen LogP contribution in [-0.2, 0) is 17.9 Å². The van der Waals surface area contributed by atoms with Gasteiger partial charge in [0.2, 0.25) is 0 Å². The Morgan fingerprint density at radius 3 is 2.74 bits per heavy atom. The quantitative estimate of drug-likeness (QED) is 0.691. The van der Waals surface area contributed by atoms with Gasteiger partial charge in [0.15, 0.2) is 0 Å². The summed E-state index contributed by atoms with van der Waals surface area (Å²) in [5.41, 5.74) is 3.68. The van der Waals surface area contributed by atoms with Crippen LogP contribution < -0.4 is 0 Å². The van der Waals surface area contributed by atoms with Gasteiger partial charge in [-0.05, 0) is 29.8 Å². The second-order valence-corrected chi connectivity index (χ2v) is 6.78. The number of ether oxygens (including phenoxy) is 1. The van der Waals surface area contributed by atoms with Gasteiger partial charge < -0.3 is 4.74 Å². The van der Waals surface area contributed by atoms with Crippen molar-refractivity contribution in [3.8, 4) is 11.4 Å². The van der Waals surface area contributed by atoms with Gasteiger partial charge in [-0.3, -0.25) is 9.88 Å². The monoisotopic (exact) mass is 387 g/mol. The van der Waals surface area contributed by atoms with E-state index in [0.717, 1.165) is 42.3 Å². The first-order valence-electron chi connectivity index (χ1n) is 8.72. The average molecular weight is 388 g/mol. The van der Waals surface area contributed by atoms with Gasteiger partial charge in [0.1, 0.15) is 11.5 Å². The Morgan fingerprint density at radius 1 is 1.11 bits per heavy atom. The van der Waals surface area contributed by atoms with Gasteiger partial charge in [0, 0.05) is 25.8 Å². The fraction of sp³-hybridized carbons (Fsp3) is 0.316. The van der Waals surface area contributed by atoms with Crippen molar-refractivity contribution >= 4 is 12.4 Å². The van der Waals surface area contributed by atoms with E-state index in [9.17, 15) is 4.39 Å². The second-order valence-electron chi connectivity index (χ2n) is 6.78. The van der Waals surface area contributed by atoms with Gasteiger partial charge in [-0.25, -0.2) is 9.07 Å². The molecule has 0 N–H and O–H groups in total. The van der Waals surface area contributed by atoms with Crippen LogP contribution in [0.1, 0.15) is 17.3 Å². The molecule has 4 heterocycles. The molecule has 0 unspecified atom stereocenters. The van der Waals surface area contributed by atoms with E-state index in [2.05, 4.69) is 20.2 Å². The first kappa shape index (κ1) is 18.0. The molecule has 0 saturated carbocycles. The number of aromatic nitrogens is 4. The molecular weight excluding hydrogens is 369 g/mol. The van der Waals surface area contributed by atoms with Crippen molar-refractivity contribution in [2.24, 2.45) is 0 Å². The summed E-state index contributed by atoms with van der Waals surface area (Å²) >= 11 is 0. The minimum absolute atomic E-state index is 0. The highest BCUT2D eigenvalue weighted by Crippen LogP contribution is 2.34. The Balaban J connectivity index is 0.00000180. The maximum absolute atomic E-state index is 13.1. The summed E-state index contributed by atoms with van der Waals surface area (Å²) < 4.78 is 21.2. The van der Waals surface area contributed by atoms with E-state index >= 15 is 0 Å². The number of halogens is 2. The van der Waals surface area contributed by atoms with E-state index in [1.54, 1.807) is 6.20 Å². The summed E-state index contributed by atoms with van der Waals surface area (Å²) in [7, 11) is 0. The Hall–Kier alpha value is -2.35. The molecule has 2 aromatic heterocycles. The van der Waals surface area contributed by atoms with Gasteiger partial charge in [-0.2, -0.15) is 0 Å². The van der Waals surface area contributed by atoms with Gasteiger partial charge in [-0.1, -0.05) is 23.4 Å². The maximum atomic E-state index is 13.1. The molecule has 2 aliphatic heterocycles. The van der Waals surface area contributed by atoms with Crippen LogP contribution in [0.5, 0.6) is 0 Å². The lowest BCUT2D eigenvalue weighted by Crippen LogP contribution is -2.32. The van der Waals surface area contributed by atoms with E-state index in [1.165, 1.54) is 12.1 Å². The van der Waals surface area contributed by atoms with E-state index in [-0.39, 0.29) is 30.4 Å². The SMILES string of the molecule is Cl.Fc1ccc(CN2C[C@@H]3[C@@H](C2)OCc2c(-c4ccccn4)nnn23)cc1. The highest BCUT2D eigenvalue weighted by molar-refractivity contribution is 5.85. The van der Waals surface area contributed by atoms with Crippen LogP contribution in [0, 0.1) is 5.82 Å². The number of rotatable bonds is 3. The zero-order valence-corrected chi connectivity index (χ0v) is 15.3. The number of fused-ring (bicyclic) bond motifs is 3. The lowest BCUT2D eigenvalue weighted by molar-refractivity contribution is -0.00495. The molecule has 0 aliphatic carbocycles. The largest absolute Gasteiger partial charge is 0.368 e. The highest BCUT2D eigenvalue weighted by Gasteiger charge is 2.40. The molecule has 0 radical (unpaired) electrons. The molecule has 1 fully saturated rings. The molecule has 1 aromatic carbocycles. The third-order valence-electron chi connectivity index (χ3n) is 5.08. The fourth-order valence-corrected chi connectivity index (χ4v) is 3.81. The smallest absolute Gasteiger partial charge is 0.137 e. The topological polar surface area (TPSA) is 56.1 Å². The molecule has 6 nitrogen and oxygen atoms in total. The highest BCUT2D eigenvalue weighted by atomic mass is 35.5. The van der Waals surface area contributed by atoms with Crippen molar-refractivity contribution in [2.75, 3.05) is 13.1 Å². The summed E-state index contributed by atoms with van der Waals surface area (Å²) in [5, 5.41) is 8.76. The van der Waals surface area contributed by atoms with Gasteiger partial charge >= 0.3 is 0 Å². The van der Waals surface area contributed by atoms with Crippen molar-refractivity contribution in [3.63, 3.8) is 0 Å². The van der Waals surface area contributed by atoms with Crippen LogP contribution in [0.15, 0.2) is 48.7 Å². The van der Waals surface area contributed by atoms with E-state index in [4.69, 9.17) is 4.74 Å². The number of nitrogens with zero attached hydrogens (tertiary/aromatic N) is 5. The molecule has 27 heavy (non-hydrogen) atoms. The first-order valence-corrected chi connectivity index (χ1v) is 8.72. The Bertz CT molecular complexity index is 918. The molecule has 0 amide bonds. The van der Waals surface area contributed by atoms with Gasteiger partial charge in [0.05, 0.1) is 30.1 Å². The fourth-order valence-electron chi connectivity index (χ4n) is 3.81. The van der Waals surface area contributed by atoms with Crippen molar-refractivity contribution in [1.82, 2.24) is 24.9 Å². The minimum Gasteiger partial charge on any atom is -0.368 e. The first-order chi connectivity index (χ1) is 12.8. The number of hydrogen-bond acceptors (Lipinski definition) is 5. The molecule has 0 bridgehead atoms. The van der Waals surface area contributed by atoms with E-state index in [0.29, 0.717) is 6.61 Å². The minimum atomic E-state index is -0.207. The molecule has 1 saturated heterocycles. The summed E-state index contributed by atoms with van der Waals surface area (Å²) in [6.45, 7) is 2.93. The van der Waals surface area contributed by atoms with Crippen LogP contribution in [0.25, 0.3) is 11.4 Å². The predicted molar refractivity (Wildman–Crippen MR) is 99.8 cm³/mol. The number of likely N-dealkylation sites (tertiary alicyclic amines) is 1. The zero-order chi connectivity index (χ0) is 17.5. The third kappa shape index (κ3) is 3.34. The van der Waals surface area contributed by atoms with Crippen molar-refractivity contribution < 1.29 is 9.13 Å². The van der Waals surface area contributed by atoms with Crippen LogP contribution in [-0.4, -0.2) is 44.1 Å². The molecule has 8 heteroatoms. The van der Waals surface area contributed by atoms with Gasteiger partial charge in [-0.15, -0.1) is 17.5 Å². The lowest BCUT2D eigenvalue weighted by Gasteiger charge is -2.26. The lowest BCUT2D eigenvalue weighted by atomic mass is 10.1. The molecule has 140 valence electrons. The molecule has 3 aromatic rings. The van der Waals surface area contributed by atoms with E-state index in [1.807, 2.05) is 35.0 Å². The van der Waals surface area contributed by atoms with Crippen LogP contribution in [0.3, 0.4) is 0 Å². The molecule has 5 rings (SSSR count). The summed E-state index contributed by atoms with van der Waals surface area (Å²) in [4.78, 5) is 6.70. The molecule has 0 spiro atoms. The molecule has 2 atom stereocenters. The van der Waals surface area contributed by atoms with Crippen LogP contribution in [0.4, 0.5) is 4.39 Å². The van der Waals surface area contributed by atoms with E-state index < -0.39 is 0 Å². The second kappa shape index (κ2) is 7.34. The Labute approximate surface area is 162 Å². The summed E-state index contributed by atoms with van der Waals surface area (Å²) in [6.07, 6.45) is 1.86. The maximum Gasteiger partial charge on any atom is 0.137 e. The standard InChI is InChI=1S/C19H18FN5O.ClH/c20-14-6-4-13(5-7-14)9-24-10-16-18(11-24)26-12-17-19(22-23-25(16)17)15-3-1-2-8-21-15;/h1-8,16,18H,9-12H2;1H/t16-,18-;/m1./s1. The van der Waals surface area contributed by atoms with Crippen LogP contribution >= 0.6 is 12.4 Å². The molecule has 2 aliphatic rings.